The fraction of sp³-hybridized carbons (Fsp3) is 0.143. The predicted molar refractivity (Wildman–Crippen MR) is 162 cm³/mol. The third-order valence-electron chi connectivity index (χ3n) is 7.31. The first kappa shape index (κ1) is 29.8. The van der Waals surface area contributed by atoms with E-state index in [1.165, 1.54) is 4.68 Å². The maximum absolute atomic E-state index is 15.4. The molecule has 4 aromatic carbocycles. The molecule has 0 saturated heterocycles. The molecule has 6 rings (SSSR count). The summed E-state index contributed by atoms with van der Waals surface area (Å²) in [7, 11) is 1.89. The van der Waals surface area contributed by atoms with Gasteiger partial charge in [-0.25, -0.2) is 31.6 Å². The summed E-state index contributed by atoms with van der Waals surface area (Å²) in [5.74, 6) is -8.42. The summed E-state index contributed by atoms with van der Waals surface area (Å²) >= 11 is 0. The van der Waals surface area contributed by atoms with Crippen LogP contribution in [0.25, 0.3) is 39.5 Å². The number of aromatic nitrogens is 4. The topological polar surface area (TPSA) is 44.9 Å². The van der Waals surface area contributed by atoms with E-state index >= 15 is 8.78 Å². The number of hydrogen-bond donors (Lipinski definition) is 0. The summed E-state index contributed by atoms with van der Waals surface area (Å²) in [6.45, 7) is 5.32. The molecule has 228 valence electrons. The number of hydrogen-bond acceptors (Lipinski definition) is 3. The highest BCUT2D eigenvalue weighted by atomic mass is 19.2. The molecule has 0 bridgehead atoms. The van der Waals surface area contributed by atoms with E-state index in [9.17, 15) is 13.2 Å². The van der Waals surface area contributed by atoms with Crippen molar-refractivity contribution in [3.63, 3.8) is 0 Å². The van der Waals surface area contributed by atoms with Gasteiger partial charge in [0.2, 0.25) is 5.82 Å². The van der Waals surface area contributed by atoms with Crippen molar-refractivity contribution in [1.29, 1.82) is 0 Å². The molecular weight excluding hydrogens is 587 g/mol. The fourth-order valence-electron chi connectivity index (χ4n) is 5.31. The molecule has 0 aliphatic carbocycles. The minimum atomic E-state index is -2.23. The molecule has 0 aliphatic rings. The molecule has 2 aromatic heterocycles. The van der Waals surface area contributed by atoms with Crippen LogP contribution in [-0.2, 0) is 12.5 Å². The van der Waals surface area contributed by atoms with Crippen molar-refractivity contribution in [3.8, 4) is 51.0 Å². The Morgan fingerprint density at radius 1 is 0.667 bits per heavy atom. The second kappa shape index (κ2) is 11.4. The van der Waals surface area contributed by atoms with Crippen molar-refractivity contribution in [2.45, 2.75) is 26.2 Å². The average molecular weight is 615 g/mol. The quantitative estimate of drug-likeness (QED) is 0.107. The summed E-state index contributed by atoms with van der Waals surface area (Å²) < 4.78 is 83.7. The number of nitrogens with zero attached hydrogens (tertiary/aromatic N) is 4. The molecule has 0 fully saturated rings. The summed E-state index contributed by atoms with van der Waals surface area (Å²) in [4.78, 5) is 4.38. The lowest BCUT2D eigenvalue weighted by atomic mass is 9.84. The molecule has 0 atom stereocenters. The number of ether oxygens (including phenoxy) is 1. The molecule has 2 heterocycles. The van der Waals surface area contributed by atoms with E-state index in [-0.39, 0.29) is 17.0 Å². The smallest absolute Gasteiger partial charge is 0.200 e. The standard InChI is InChI=1S/C35H27F5N4O/c1-35(2,3)33-26(25-27(36)29(38)31(40)30(39)28(25)37)32(20-10-6-5-7-11-20)42-44(33)22-13-9-15-24(19-22)45-23-14-8-12-21(18-23)34-41-16-17-43(34)4/h5-19H,1-4H3. The van der Waals surface area contributed by atoms with E-state index in [2.05, 4.69) is 4.98 Å². The number of benzene rings is 4. The van der Waals surface area contributed by atoms with E-state index in [0.717, 1.165) is 11.4 Å². The number of halogens is 5. The first-order valence-corrected chi connectivity index (χ1v) is 14.0. The van der Waals surface area contributed by atoms with Crippen LogP contribution in [0, 0.1) is 29.1 Å². The maximum atomic E-state index is 15.4. The molecule has 0 amide bonds. The maximum Gasteiger partial charge on any atom is 0.200 e. The van der Waals surface area contributed by atoms with Crippen LogP contribution in [-0.4, -0.2) is 19.3 Å². The van der Waals surface area contributed by atoms with Crippen LogP contribution >= 0.6 is 0 Å². The van der Waals surface area contributed by atoms with Gasteiger partial charge in [0.05, 0.1) is 16.9 Å². The lowest BCUT2D eigenvalue weighted by Gasteiger charge is -2.23. The molecule has 0 saturated carbocycles. The summed E-state index contributed by atoms with van der Waals surface area (Å²) in [5.41, 5.74) is -0.114. The van der Waals surface area contributed by atoms with Crippen LogP contribution in [0.5, 0.6) is 11.5 Å². The Morgan fingerprint density at radius 3 is 1.89 bits per heavy atom. The minimum Gasteiger partial charge on any atom is -0.457 e. The van der Waals surface area contributed by atoms with Gasteiger partial charge in [0.1, 0.15) is 23.0 Å². The Morgan fingerprint density at radius 2 is 1.27 bits per heavy atom. The highest BCUT2D eigenvalue weighted by molar-refractivity contribution is 5.85. The van der Waals surface area contributed by atoms with Gasteiger partial charge in [-0.1, -0.05) is 69.3 Å². The van der Waals surface area contributed by atoms with Gasteiger partial charge in [-0.05, 0) is 24.3 Å². The van der Waals surface area contributed by atoms with E-state index in [4.69, 9.17) is 9.84 Å². The van der Waals surface area contributed by atoms with Gasteiger partial charge >= 0.3 is 0 Å². The Labute approximate surface area is 256 Å². The Kier molecular flexibility index (Phi) is 7.52. The average Bonchev–Trinajstić information content (AvgIpc) is 3.64. The van der Waals surface area contributed by atoms with Crippen molar-refractivity contribution in [2.75, 3.05) is 0 Å². The minimum absolute atomic E-state index is 0.0535. The molecule has 45 heavy (non-hydrogen) atoms. The Hall–Kier alpha value is -5.25. The van der Waals surface area contributed by atoms with Crippen molar-refractivity contribution < 1.29 is 26.7 Å². The zero-order valence-corrected chi connectivity index (χ0v) is 24.7. The summed E-state index contributed by atoms with van der Waals surface area (Å²) in [5, 5.41) is 4.74. The van der Waals surface area contributed by atoms with Gasteiger partial charge in [0.25, 0.3) is 0 Å². The lowest BCUT2D eigenvalue weighted by molar-refractivity contribution is 0.381. The summed E-state index contributed by atoms with van der Waals surface area (Å²) in [6, 6.07) is 22.7. The molecule has 5 nitrogen and oxygen atoms in total. The summed E-state index contributed by atoms with van der Waals surface area (Å²) in [6.07, 6.45) is 3.54. The predicted octanol–water partition coefficient (Wildman–Crippen LogP) is 9.39. The molecule has 0 aliphatic heterocycles. The second-order valence-corrected chi connectivity index (χ2v) is 11.5. The van der Waals surface area contributed by atoms with Gasteiger partial charge in [0, 0.05) is 47.6 Å². The van der Waals surface area contributed by atoms with Gasteiger partial charge in [-0.3, -0.25) is 0 Å². The Balaban J connectivity index is 1.54. The highest BCUT2D eigenvalue weighted by Crippen LogP contribution is 2.45. The van der Waals surface area contributed by atoms with Crippen LogP contribution in [0.15, 0.2) is 91.3 Å². The third kappa shape index (κ3) is 5.37. The van der Waals surface area contributed by atoms with Crippen molar-refractivity contribution in [3.05, 3.63) is 126 Å². The van der Waals surface area contributed by atoms with E-state index in [0.29, 0.717) is 22.7 Å². The molecule has 0 unspecified atom stereocenters. The zero-order valence-electron chi connectivity index (χ0n) is 24.7. The lowest BCUT2D eigenvalue weighted by Crippen LogP contribution is -2.19. The monoisotopic (exact) mass is 614 g/mol. The van der Waals surface area contributed by atoms with Crippen LogP contribution in [0.3, 0.4) is 0 Å². The van der Waals surface area contributed by atoms with Crippen molar-refractivity contribution in [2.24, 2.45) is 7.05 Å². The molecule has 0 N–H and O–H groups in total. The Bertz CT molecular complexity index is 2010. The number of imidazole rings is 1. The zero-order chi connectivity index (χ0) is 32.0. The highest BCUT2D eigenvalue weighted by Gasteiger charge is 2.36. The van der Waals surface area contributed by atoms with Crippen molar-refractivity contribution >= 4 is 0 Å². The number of rotatable bonds is 6. The van der Waals surface area contributed by atoms with Crippen LogP contribution in [0.4, 0.5) is 22.0 Å². The van der Waals surface area contributed by atoms with E-state index in [1.807, 2.05) is 36.0 Å². The second-order valence-electron chi connectivity index (χ2n) is 11.5. The molecule has 10 heteroatoms. The normalized spacial score (nSPS) is 11.7. The van der Waals surface area contributed by atoms with Crippen LogP contribution in [0.1, 0.15) is 26.5 Å². The van der Waals surface area contributed by atoms with E-state index in [1.54, 1.807) is 87.6 Å². The van der Waals surface area contributed by atoms with Crippen LogP contribution in [0.2, 0.25) is 0 Å². The van der Waals surface area contributed by atoms with Crippen LogP contribution < -0.4 is 4.74 Å². The first-order chi connectivity index (χ1) is 21.5. The molecule has 0 radical (unpaired) electrons. The van der Waals surface area contributed by atoms with E-state index < -0.39 is 40.1 Å². The SMILES string of the molecule is Cn1ccnc1-c1cccc(Oc2cccc(-n3nc(-c4ccccc4)c(-c4c(F)c(F)c(F)c(F)c4F)c3C(C)(C)C)c2)c1. The van der Waals surface area contributed by atoms with Gasteiger partial charge < -0.3 is 9.30 Å². The van der Waals surface area contributed by atoms with Gasteiger partial charge in [0.15, 0.2) is 23.3 Å². The molecule has 6 aromatic rings. The van der Waals surface area contributed by atoms with Gasteiger partial charge in [-0.2, -0.15) is 5.10 Å². The van der Waals surface area contributed by atoms with Crippen molar-refractivity contribution in [1.82, 2.24) is 19.3 Å². The fourth-order valence-corrected chi connectivity index (χ4v) is 5.31. The number of aryl methyl sites for hydroxylation is 1. The first-order valence-electron chi connectivity index (χ1n) is 14.0. The van der Waals surface area contributed by atoms with Gasteiger partial charge in [-0.15, -0.1) is 0 Å². The largest absolute Gasteiger partial charge is 0.457 e. The third-order valence-corrected chi connectivity index (χ3v) is 7.31. The molecular formula is C35H27F5N4O. The molecule has 0 spiro atoms.